The number of carbonyl (C=O) groups is 1. The number of ether oxygens (including phenoxy) is 2. The molecule has 0 fully saturated rings. The van der Waals surface area contributed by atoms with Crippen LogP contribution in [-0.2, 0) is 24.4 Å². The van der Waals surface area contributed by atoms with Crippen molar-refractivity contribution in [2.75, 3.05) is 7.11 Å². The average molecular weight is 205 g/mol. The quantitative estimate of drug-likeness (QED) is 0.694. The van der Waals surface area contributed by atoms with Crippen molar-refractivity contribution in [3.05, 3.63) is 28.3 Å². The van der Waals surface area contributed by atoms with Crippen LogP contribution in [0.2, 0.25) is 0 Å². The molecule has 0 aliphatic carbocycles. The normalized spacial score (nSPS) is 17.3. The first-order valence-electron chi connectivity index (χ1n) is 4.90. The van der Waals surface area contributed by atoms with Crippen LogP contribution in [-0.4, -0.2) is 13.1 Å². The molecule has 0 atom stereocenters. The van der Waals surface area contributed by atoms with E-state index in [1.54, 1.807) is 7.11 Å². The van der Waals surface area contributed by atoms with Crippen LogP contribution in [0.1, 0.15) is 27.0 Å². The minimum absolute atomic E-state index is 0.238. The highest BCUT2D eigenvalue weighted by atomic mass is 16.5. The number of rotatable bonds is 1. The van der Waals surface area contributed by atoms with Crippen molar-refractivity contribution < 1.29 is 14.3 Å². The second-order valence-corrected chi connectivity index (χ2v) is 3.75. The van der Waals surface area contributed by atoms with Crippen LogP contribution in [0, 0.1) is 0 Å². The summed E-state index contributed by atoms with van der Waals surface area (Å²) in [4.78, 5) is 11.4. The van der Waals surface area contributed by atoms with Gasteiger partial charge in [0.1, 0.15) is 12.4 Å². The number of hydrogen-bond acceptors (Lipinski definition) is 4. The summed E-state index contributed by atoms with van der Waals surface area (Å²) in [5, 5.41) is 3.25. The zero-order chi connectivity index (χ0) is 10.4. The highest BCUT2D eigenvalue weighted by Gasteiger charge is 2.30. The maximum absolute atomic E-state index is 11.4. The lowest BCUT2D eigenvalue weighted by molar-refractivity contribution is 0.0534. The topological polar surface area (TPSA) is 47.6 Å². The Balaban J connectivity index is 2.28. The fourth-order valence-corrected chi connectivity index (χ4v) is 2.26. The summed E-state index contributed by atoms with van der Waals surface area (Å²) in [6, 6.07) is 1.92. The Morgan fingerprint density at radius 3 is 3.07 bits per heavy atom. The molecule has 2 aliphatic rings. The first-order chi connectivity index (χ1) is 7.31. The largest absolute Gasteiger partial charge is 0.496 e. The molecule has 0 bridgehead atoms. The van der Waals surface area contributed by atoms with Crippen molar-refractivity contribution in [1.82, 2.24) is 5.32 Å². The van der Waals surface area contributed by atoms with Gasteiger partial charge in [0.2, 0.25) is 0 Å². The Morgan fingerprint density at radius 1 is 1.40 bits per heavy atom. The van der Waals surface area contributed by atoms with E-state index in [0.29, 0.717) is 12.2 Å². The van der Waals surface area contributed by atoms with Crippen LogP contribution in [0.3, 0.4) is 0 Å². The molecule has 78 valence electrons. The average Bonchev–Trinajstić information content (AvgIpc) is 2.83. The molecular weight excluding hydrogens is 194 g/mol. The van der Waals surface area contributed by atoms with E-state index < -0.39 is 0 Å². The van der Waals surface area contributed by atoms with E-state index in [1.165, 1.54) is 0 Å². The Hall–Kier alpha value is -1.55. The van der Waals surface area contributed by atoms with Gasteiger partial charge in [-0.2, -0.15) is 0 Å². The zero-order valence-electron chi connectivity index (χ0n) is 8.42. The molecule has 1 aromatic carbocycles. The number of esters is 1. The first-order valence-corrected chi connectivity index (χ1v) is 4.90. The minimum Gasteiger partial charge on any atom is -0.496 e. The smallest absolute Gasteiger partial charge is 0.339 e. The molecule has 2 aliphatic heterocycles. The number of hydrogen-bond donors (Lipinski definition) is 1. The van der Waals surface area contributed by atoms with Crippen molar-refractivity contribution in [3.8, 4) is 5.75 Å². The summed E-state index contributed by atoms with van der Waals surface area (Å²) in [6.45, 7) is 1.94. The molecular formula is C11H11NO3. The minimum atomic E-state index is -0.238. The van der Waals surface area contributed by atoms with Crippen LogP contribution < -0.4 is 10.1 Å². The standard InChI is InChI=1S/C11H11NO3/c1-14-10-8-4-12-3-6(8)2-7-9(10)5-15-11(7)13/h2,12H,3-5H2,1H3. The maximum Gasteiger partial charge on any atom is 0.339 e. The van der Waals surface area contributed by atoms with Crippen LogP contribution in [0.4, 0.5) is 0 Å². The van der Waals surface area contributed by atoms with E-state index >= 15 is 0 Å². The monoisotopic (exact) mass is 205 g/mol. The van der Waals surface area contributed by atoms with Crippen LogP contribution >= 0.6 is 0 Å². The third-order valence-electron chi connectivity index (χ3n) is 2.97. The van der Waals surface area contributed by atoms with Gasteiger partial charge < -0.3 is 14.8 Å². The van der Waals surface area contributed by atoms with Crippen molar-refractivity contribution in [1.29, 1.82) is 0 Å². The lowest BCUT2D eigenvalue weighted by Gasteiger charge is -2.10. The molecule has 0 unspecified atom stereocenters. The van der Waals surface area contributed by atoms with Gasteiger partial charge in [-0.25, -0.2) is 4.79 Å². The third-order valence-corrected chi connectivity index (χ3v) is 2.97. The molecule has 1 aromatic rings. The highest BCUT2D eigenvalue weighted by Crippen LogP contribution is 2.36. The number of carbonyl (C=O) groups excluding carboxylic acids is 1. The van der Waals surface area contributed by atoms with E-state index in [0.717, 1.165) is 35.5 Å². The molecule has 4 heteroatoms. The van der Waals surface area contributed by atoms with Gasteiger partial charge in [0.05, 0.1) is 12.7 Å². The lowest BCUT2D eigenvalue weighted by Crippen LogP contribution is -2.01. The van der Waals surface area contributed by atoms with Crippen molar-refractivity contribution in [3.63, 3.8) is 0 Å². The summed E-state index contributed by atoms with van der Waals surface area (Å²) < 4.78 is 10.4. The number of cyclic esters (lactones) is 1. The molecule has 0 saturated heterocycles. The summed E-state index contributed by atoms with van der Waals surface area (Å²) in [5.41, 5.74) is 3.86. The van der Waals surface area contributed by atoms with Gasteiger partial charge >= 0.3 is 5.97 Å². The Morgan fingerprint density at radius 2 is 2.27 bits per heavy atom. The van der Waals surface area contributed by atoms with Gasteiger partial charge in [-0.15, -0.1) is 0 Å². The summed E-state index contributed by atoms with van der Waals surface area (Å²) in [6.07, 6.45) is 0. The SMILES string of the molecule is COc1c2c(cc3c1COC3=O)CNC2. The summed E-state index contributed by atoms with van der Waals surface area (Å²) in [7, 11) is 1.64. The van der Waals surface area contributed by atoms with Crippen LogP contribution in [0.5, 0.6) is 5.75 Å². The Labute approximate surface area is 87.2 Å². The van der Waals surface area contributed by atoms with E-state index in [-0.39, 0.29) is 5.97 Å². The first kappa shape index (κ1) is 8.73. The molecule has 0 spiro atoms. The van der Waals surface area contributed by atoms with Gasteiger partial charge in [0.25, 0.3) is 0 Å². The molecule has 0 aromatic heterocycles. The van der Waals surface area contributed by atoms with Gasteiger partial charge in [-0.3, -0.25) is 0 Å². The molecule has 0 saturated carbocycles. The van der Waals surface area contributed by atoms with E-state index in [9.17, 15) is 4.79 Å². The molecule has 0 amide bonds. The van der Waals surface area contributed by atoms with Gasteiger partial charge in [0.15, 0.2) is 0 Å². The fraction of sp³-hybridized carbons (Fsp3) is 0.364. The second kappa shape index (κ2) is 2.97. The summed E-state index contributed by atoms with van der Waals surface area (Å²) in [5.74, 6) is 0.580. The predicted molar refractivity (Wildman–Crippen MR) is 52.7 cm³/mol. The van der Waals surface area contributed by atoms with Crippen molar-refractivity contribution >= 4 is 5.97 Å². The highest BCUT2D eigenvalue weighted by molar-refractivity contribution is 5.95. The molecule has 15 heavy (non-hydrogen) atoms. The van der Waals surface area contributed by atoms with Crippen molar-refractivity contribution in [2.24, 2.45) is 0 Å². The number of fused-ring (bicyclic) bond motifs is 2. The number of methoxy groups -OCH3 is 1. The molecule has 0 radical (unpaired) electrons. The van der Waals surface area contributed by atoms with Gasteiger partial charge in [-0.1, -0.05) is 0 Å². The number of nitrogens with one attached hydrogen (secondary N) is 1. The molecule has 3 rings (SSSR count). The van der Waals surface area contributed by atoms with E-state index in [4.69, 9.17) is 9.47 Å². The van der Waals surface area contributed by atoms with Gasteiger partial charge in [0, 0.05) is 24.2 Å². The third kappa shape index (κ3) is 1.08. The summed E-state index contributed by atoms with van der Waals surface area (Å²) >= 11 is 0. The Bertz CT molecular complexity index is 454. The molecule has 2 heterocycles. The van der Waals surface area contributed by atoms with Crippen LogP contribution in [0.15, 0.2) is 6.07 Å². The lowest BCUT2D eigenvalue weighted by atomic mass is 10.00. The molecule has 4 nitrogen and oxygen atoms in total. The predicted octanol–water partition coefficient (Wildman–Crippen LogP) is 0.969. The Kier molecular flexibility index (Phi) is 1.73. The van der Waals surface area contributed by atoms with Crippen molar-refractivity contribution in [2.45, 2.75) is 19.7 Å². The van der Waals surface area contributed by atoms with Gasteiger partial charge in [-0.05, 0) is 11.6 Å². The van der Waals surface area contributed by atoms with E-state index in [1.807, 2.05) is 6.07 Å². The molecule has 1 N–H and O–H groups in total. The zero-order valence-corrected chi connectivity index (χ0v) is 8.42. The van der Waals surface area contributed by atoms with Crippen LogP contribution in [0.25, 0.3) is 0 Å². The fourth-order valence-electron chi connectivity index (χ4n) is 2.26. The van der Waals surface area contributed by atoms with E-state index in [2.05, 4.69) is 5.32 Å². The second-order valence-electron chi connectivity index (χ2n) is 3.75. The number of benzene rings is 1. The maximum atomic E-state index is 11.4.